The van der Waals surface area contributed by atoms with Crippen LogP contribution in [0.3, 0.4) is 0 Å². The summed E-state index contributed by atoms with van der Waals surface area (Å²) in [4.78, 5) is 14.0. The first-order chi connectivity index (χ1) is 8.47. The first kappa shape index (κ1) is 12.6. The van der Waals surface area contributed by atoms with Gasteiger partial charge in [0.05, 0.1) is 6.54 Å². The SMILES string of the molecule is CC(=O)NCc1cc2c(F)cc(C(C)C)cc2[nH]1. The van der Waals surface area contributed by atoms with Crippen molar-refractivity contribution in [2.45, 2.75) is 33.2 Å². The lowest BCUT2D eigenvalue weighted by Crippen LogP contribution is -2.18. The van der Waals surface area contributed by atoms with Crippen LogP contribution in [-0.2, 0) is 11.3 Å². The van der Waals surface area contributed by atoms with Crippen LogP contribution >= 0.6 is 0 Å². The number of aromatic nitrogens is 1. The summed E-state index contributed by atoms with van der Waals surface area (Å²) in [6.45, 7) is 5.91. The van der Waals surface area contributed by atoms with E-state index in [1.54, 1.807) is 12.1 Å². The molecule has 0 bridgehead atoms. The Morgan fingerprint density at radius 3 is 2.72 bits per heavy atom. The third kappa shape index (κ3) is 2.53. The number of nitrogens with one attached hydrogen (secondary N) is 2. The molecule has 0 aliphatic carbocycles. The molecule has 0 saturated heterocycles. The molecule has 0 saturated carbocycles. The standard InChI is InChI=1S/C14H17FN2O/c1-8(2)10-4-13(15)12-6-11(7-16-9(3)18)17-14(12)5-10/h4-6,8,17H,7H2,1-3H3,(H,16,18). The van der Waals surface area contributed by atoms with Gasteiger partial charge in [-0.25, -0.2) is 4.39 Å². The number of H-pyrrole nitrogens is 1. The minimum absolute atomic E-state index is 0.100. The van der Waals surface area contributed by atoms with Crippen LogP contribution in [0, 0.1) is 5.82 Å². The van der Waals surface area contributed by atoms with Crippen molar-refractivity contribution in [3.8, 4) is 0 Å². The van der Waals surface area contributed by atoms with E-state index < -0.39 is 0 Å². The number of rotatable bonds is 3. The van der Waals surface area contributed by atoms with E-state index in [-0.39, 0.29) is 17.6 Å². The van der Waals surface area contributed by atoms with E-state index in [0.29, 0.717) is 11.9 Å². The van der Waals surface area contributed by atoms with Crippen LogP contribution in [0.2, 0.25) is 0 Å². The second-order valence-corrected chi connectivity index (χ2v) is 4.82. The van der Waals surface area contributed by atoms with Crippen LogP contribution in [0.1, 0.15) is 37.9 Å². The normalized spacial score (nSPS) is 11.2. The molecule has 3 nitrogen and oxygen atoms in total. The van der Waals surface area contributed by atoms with E-state index in [1.165, 1.54) is 6.92 Å². The number of amides is 1. The van der Waals surface area contributed by atoms with E-state index >= 15 is 0 Å². The van der Waals surface area contributed by atoms with E-state index in [2.05, 4.69) is 10.3 Å². The van der Waals surface area contributed by atoms with Gasteiger partial charge in [0.1, 0.15) is 5.82 Å². The highest BCUT2D eigenvalue weighted by atomic mass is 19.1. The van der Waals surface area contributed by atoms with Gasteiger partial charge in [-0.15, -0.1) is 0 Å². The summed E-state index contributed by atoms with van der Waals surface area (Å²) in [5.74, 6) is -0.0375. The van der Waals surface area contributed by atoms with Gasteiger partial charge >= 0.3 is 0 Å². The number of hydrogen-bond donors (Lipinski definition) is 2. The molecule has 18 heavy (non-hydrogen) atoms. The molecule has 0 radical (unpaired) electrons. The van der Waals surface area contributed by atoms with Gasteiger partial charge in [0.25, 0.3) is 0 Å². The van der Waals surface area contributed by atoms with Crippen LogP contribution in [0.15, 0.2) is 18.2 Å². The van der Waals surface area contributed by atoms with Gasteiger partial charge in [0, 0.05) is 23.5 Å². The summed E-state index contributed by atoms with van der Waals surface area (Å²) in [5, 5.41) is 3.26. The first-order valence-corrected chi connectivity index (χ1v) is 6.03. The number of carbonyl (C=O) groups is 1. The molecule has 0 atom stereocenters. The average Bonchev–Trinajstić information content (AvgIpc) is 2.69. The Morgan fingerprint density at radius 2 is 2.11 bits per heavy atom. The van der Waals surface area contributed by atoms with Gasteiger partial charge < -0.3 is 10.3 Å². The highest BCUT2D eigenvalue weighted by Crippen LogP contribution is 2.25. The van der Waals surface area contributed by atoms with E-state index in [9.17, 15) is 9.18 Å². The minimum atomic E-state index is -0.221. The summed E-state index contributed by atoms with van der Waals surface area (Å²) < 4.78 is 13.9. The van der Waals surface area contributed by atoms with Crippen molar-refractivity contribution in [2.75, 3.05) is 0 Å². The van der Waals surface area contributed by atoms with Gasteiger partial charge in [-0.05, 0) is 29.7 Å². The fourth-order valence-electron chi connectivity index (χ4n) is 1.92. The zero-order valence-electron chi connectivity index (χ0n) is 10.8. The first-order valence-electron chi connectivity index (χ1n) is 6.03. The van der Waals surface area contributed by atoms with E-state index in [1.807, 2.05) is 19.9 Å². The summed E-state index contributed by atoms with van der Waals surface area (Å²) >= 11 is 0. The Hall–Kier alpha value is -1.84. The monoisotopic (exact) mass is 248 g/mol. The molecule has 2 rings (SSSR count). The van der Waals surface area contributed by atoms with Crippen LogP contribution in [0.4, 0.5) is 4.39 Å². The molecule has 4 heteroatoms. The van der Waals surface area contributed by atoms with Crippen molar-refractivity contribution in [1.29, 1.82) is 0 Å². The molecule has 96 valence electrons. The quantitative estimate of drug-likeness (QED) is 0.861. The number of aromatic amines is 1. The number of hydrogen-bond acceptors (Lipinski definition) is 1. The molecule has 1 heterocycles. The lowest BCUT2D eigenvalue weighted by Gasteiger charge is -2.05. The van der Waals surface area contributed by atoms with Crippen LogP contribution in [-0.4, -0.2) is 10.9 Å². The van der Waals surface area contributed by atoms with E-state index in [0.717, 1.165) is 16.8 Å². The zero-order valence-corrected chi connectivity index (χ0v) is 10.8. The van der Waals surface area contributed by atoms with Crippen LogP contribution < -0.4 is 5.32 Å². The smallest absolute Gasteiger partial charge is 0.217 e. The lowest BCUT2D eigenvalue weighted by molar-refractivity contribution is -0.119. The molecule has 0 spiro atoms. The maximum Gasteiger partial charge on any atom is 0.217 e. The second-order valence-electron chi connectivity index (χ2n) is 4.82. The highest BCUT2D eigenvalue weighted by Gasteiger charge is 2.09. The number of carbonyl (C=O) groups excluding carboxylic acids is 1. The fourth-order valence-corrected chi connectivity index (χ4v) is 1.92. The largest absolute Gasteiger partial charge is 0.357 e. The number of fused-ring (bicyclic) bond motifs is 1. The Balaban J connectivity index is 2.38. The number of benzene rings is 1. The predicted molar refractivity (Wildman–Crippen MR) is 69.9 cm³/mol. The van der Waals surface area contributed by atoms with Crippen molar-refractivity contribution in [2.24, 2.45) is 0 Å². The summed E-state index contributed by atoms with van der Waals surface area (Å²) in [7, 11) is 0. The van der Waals surface area contributed by atoms with Crippen molar-refractivity contribution in [1.82, 2.24) is 10.3 Å². The maximum atomic E-state index is 13.9. The van der Waals surface area contributed by atoms with Crippen molar-refractivity contribution in [3.63, 3.8) is 0 Å². The van der Waals surface area contributed by atoms with E-state index in [4.69, 9.17) is 0 Å². The molecular weight excluding hydrogens is 231 g/mol. The van der Waals surface area contributed by atoms with Gasteiger partial charge in [0.2, 0.25) is 5.91 Å². The molecule has 0 aliphatic rings. The second kappa shape index (κ2) is 4.80. The minimum Gasteiger partial charge on any atom is -0.357 e. The van der Waals surface area contributed by atoms with Gasteiger partial charge in [0.15, 0.2) is 0 Å². The van der Waals surface area contributed by atoms with Crippen molar-refractivity contribution >= 4 is 16.8 Å². The van der Waals surface area contributed by atoms with Crippen LogP contribution in [0.5, 0.6) is 0 Å². The molecule has 2 N–H and O–H groups in total. The molecular formula is C14H17FN2O. The number of halogens is 1. The Labute approximate surface area is 105 Å². The zero-order chi connectivity index (χ0) is 13.3. The van der Waals surface area contributed by atoms with Crippen molar-refractivity contribution in [3.05, 3.63) is 35.3 Å². The molecule has 0 unspecified atom stereocenters. The molecule has 1 aromatic carbocycles. The lowest BCUT2D eigenvalue weighted by atomic mass is 10.0. The Kier molecular flexibility index (Phi) is 3.36. The van der Waals surface area contributed by atoms with Crippen LogP contribution in [0.25, 0.3) is 10.9 Å². The summed E-state index contributed by atoms with van der Waals surface area (Å²) in [6.07, 6.45) is 0. The predicted octanol–water partition coefficient (Wildman–Crippen LogP) is 3.07. The van der Waals surface area contributed by atoms with Gasteiger partial charge in [-0.3, -0.25) is 4.79 Å². The third-order valence-electron chi connectivity index (χ3n) is 2.96. The average molecular weight is 248 g/mol. The highest BCUT2D eigenvalue weighted by molar-refractivity contribution is 5.82. The summed E-state index contributed by atoms with van der Waals surface area (Å²) in [6, 6.07) is 5.27. The summed E-state index contributed by atoms with van der Waals surface area (Å²) in [5.41, 5.74) is 2.55. The maximum absolute atomic E-state index is 13.9. The topological polar surface area (TPSA) is 44.9 Å². The molecule has 0 aliphatic heterocycles. The molecule has 2 aromatic rings. The van der Waals surface area contributed by atoms with Gasteiger partial charge in [-0.2, -0.15) is 0 Å². The Bertz CT molecular complexity index is 587. The van der Waals surface area contributed by atoms with Gasteiger partial charge in [-0.1, -0.05) is 13.8 Å². The molecule has 1 amide bonds. The fraction of sp³-hybridized carbons (Fsp3) is 0.357. The molecule has 1 aromatic heterocycles. The third-order valence-corrected chi connectivity index (χ3v) is 2.96. The molecule has 0 fully saturated rings. The Morgan fingerprint density at radius 1 is 1.39 bits per heavy atom. The van der Waals surface area contributed by atoms with Crippen molar-refractivity contribution < 1.29 is 9.18 Å².